The highest BCUT2D eigenvalue weighted by Crippen LogP contribution is 2.29. The van der Waals surface area contributed by atoms with Crippen LogP contribution in [0.15, 0.2) is 0 Å². The molecular weight excluding hydrogens is 179 g/mol. The zero-order chi connectivity index (χ0) is 9.56. The Morgan fingerprint density at radius 1 is 1.42 bits per heavy atom. The Kier molecular flexibility index (Phi) is 5.85. The Labute approximate surface area is 73.1 Å². The molecular formula is C7H14O4P+. The Bertz CT molecular complexity index is 151. The van der Waals surface area contributed by atoms with E-state index in [4.69, 9.17) is 4.52 Å². The van der Waals surface area contributed by atoms with Crippen LogP contribution in [0.25, 0.3) is 0 Å². The van der Waals surface area contributed by atoms with E-state index < -0.39 is 19.7 Å². The second-order valence-electron chi connectivity index (χ2n) is 2.13. The standard InChI is InChI=1S/C7H14O4P/c1-4-10-7(8)6(3)12(9)11-5-2/h6H,4-5H2,1-3H3/q+1. The Morgan fingerprint density at radius 3 is 2.42 bits per heavy atom. The highest BCUT2D eigenvalue weighted by molar-refractivity contribution is 7.41. The number of rotatable bonds is 5. The van der Waals surface area contributed by atoms with Crippen molar-refractivity contribution in [1.82, 2.24) is 0 Å². The van der Waals surface area contributed by atoms with Crippen molar-refractivity contribution in [2.45, 2.75) is 26.4 Å². The van der Waals surface area contributed by atoms with Crippen LogP contribution in [0.1, 0.15) is 20.8 Å². The topological polar surface area (TPSA) is 52.6 Å². The first kappa shape index (κ1) is 11.5. The molecule has 0 saturated carbocycles. The lowest BCUT2D eigenvalue weighted by atomic mass is 10.5. The molecule has 0 radical (unpaired) electrons. The van der Waals surface area contributed by atoms with E-state index in [1.807, 2.05) is 0 Å². The molecule has 2 atom stereocenters. The molecule has 0 aliphatic rings. The van der Waals surface area contributed by atoms with E-state index in [-0.39, 0.29) is 0 Å². The minimum atomic E-state index is -1.92. The van der Waals surface area contributed by atoms with Crippen LogP contribution in [0.2, 0.25) is 0 Å². The molecule has 5 heteroatoms. The van der Waals surface area contributed by atoms with Crippen LogP contribution >= 0.6 is 8.03 Å². The van der Waals surface area contributed by atoms with Crippen LogP contribution in [0.4, 0.5) is 0 Å². The summed E-state index contributed by atoms with van der Waals surface area (Å²) in [5.74, 6) is -0.466. The first-order chi connectivity index (χ1) is 5.63. The SMILES string of the molecule is CCOC(=O)C(C)[P+](=O)OCC. The molecule has 0 rings (SSSR count). The van der Waals surface area contributed by atoms with Gasteiger partial charge in [0.15, 0.2) is 0 Å². The number of hydrogen-bond donors (Lipinski definition) is 0. The maximum absolute atomic E-state index is 11.1. The summed E-state index contributed by atoms with van der Waals surface area (Å²) >= 11 is 0. The van der Waals surface area contributed by atoms with E-state index in [0.29, 0.717) is 13.2 Å². The molecule has 0 saturated heterocycles. The molecule has 0 spiro atoms. The normalized spacial score (nSPS) is 13.8. The maximum Gasteiger partial charge on any atom is 0.523 e. The predicted molar refractivity (Wildman–Crippen MR) is 45.3 cm³/mol. The first-order valence-corrected chi connectivity index (χ1v) is 5.14. The summed E-state index contributed by atoms with van der Waals surface area (Å²) in [6.45, 7) is 5.62. The molecule has 0 aromatic rings. The Morgan fingerprint density at radius 2 is 2.00 bits per heavy atom. The van der Waals surface area contributed by atoms with Crippen molar-refractivity contribution in [3.8, 4) is 0 Å². The summed E-state index contributed by atoms with van der Waals surface area (Å²) in [6.07, 6.45) is 0. The zero-order valence-electron chi connectivity index (χ0n) is 7.57. The number of carbonyl (C=O) groups excluding carboxylic acids is 1. The number of ether oxygens (including phenoxy) is 1. The highest BCUT2D eigenvalue weighted by atomic mass is 31.1. The van der Waals surface area contributed by atoms with Crippen LogP contribution < -0.4 is 0 Å². The van der Waals surface area contributed by atoms with Crippen molar-refractivity contribution in [2.75, 3.05) is 13.2 Å². The molecule has 12 heavy (non-hydrogen) atoms. The summed E-state index contributed by atoms with van der Waals surface area (Å²) in [6, 6.07) is 0. The molecule has 0 aromatic heterocycles. The molecule has 0 bridgehead atoms. The zero-order valence-corrected chi connectivity index (χ0v) is 8.47. The summed E-state index contributed by atoms with van der Waals surface area (Å²) in [5.41, 5.74) is -0.667. The van der Waals surface area contributed by atoms with Crippen molar-refractivity contribution in [3.05, 3.63) is 0 Å². The van der Waals surface area contributed by atoms with E-state index in [1.165, 1.54) is 6.92 Å². The third-order valence-electron chi connectivity index (χ3n) is 1.20. The lowest BCUT2D eigenvalue weighted by Crippen LogP contribution is -2.17. The minimum absolute atomic E-state index is 0.304. The smallest absolute Gasteiger partial charge is 0.463 e. The minimum Gasteiger partial charge on any atom is -0.463 e. The van der Waals surface area contributed by atoms with E-state index in [2.05, 4.69) is 4.74 Å². The lowest BCUT2D eigenvalue weighted by Gasteiger charge is -1.99. The van der Waals surface area contributed by atoms with Crippen LogP contribution in [-0.2, 0) is 18.6 Å². The van der Waals surface area contributed by atoms with Crippen LogP contribution in [-0.4, -0.2) is 24.8 Å². The number of esters is 1. The van der Waals surface area contributed by atoms with Gasteiger partial charge in [0.05, 0.1) is 13.2 Å². The van der Waals surface area contributed by atoms with Gasteiger partial charge in [-0.2, -0.15) is 0 Å². The van der Waals surface area contributed by atoms with Gasteiger partial charge in [0.2, 0.25) is 0 Å². The van der Waals surface area contributed by atoms with Crippen molar-refractivity contribution in [3.63, 3.8) is 0 Å². The summed E-state index contributed by atoms with van der Waals surface area (Å²) in [5, 5.41) is 0. The largest absolute Gasteiger partial charge is 0.523 e. The number of carbonyl (C=O) groups is 1. The molecule has 0 fully saturated rings. The molecule has 0 heterocycles. The molecule has 0 aromatic carbocycles. The van der Waals surface area contributed by atoms with Crippen molar-refractivity contribution >= 4 is 14.0 Å². The van der Waals surface area contributed by atoms with Gasteiger partial charge in [-0.15, -0.1) is 4.52 Å². The molecule has 0 amide bonds. The van der Waals surface area contributed by atoms with Crippen molar-refractivity contribution in [1.29, 1.82) is 0 Å². The fourth-order valence-corrected chi connectivity index (χ4v) is 1.31. The fraction of sp³-hybridized carbons (Fsp3) is 0.857. The van der Waals surface area contributed by atoms with Gasteiger partial charge in [0, 0.05) is 0 Å². The molecule has 0 aliphatic carbocycles. The fourth-order valence-electron chi connectivity index (χ4n) is 0.588. The molecule has 70 valence electrons. The van der Waals surface area contributed by atoms with Gasteiger partial charge in [-0.05, 0) is 25.3 Å². The third-order valence-corrected chi connectivity index (χ3v) is 2.56. The molecule has 0 N–H and O–H groups in total. The van der Waals surface area contributed by atoms with E-state index in [9.17, 15) is 9.36 Å². The summed E-state index contributed by atoms with van der Waals surface area (Å²) in [7, 11) is -1.92. The van der Waals surface area contributed by atoms with Gasteiger partial charge in [0.1, 0.15) is 0 Å². The van der Waals surface area contributed by atoms with Gasteiger partial charge in [0.25, 0.3) is 5.66 Å². The lowest BCUT2D eigenvalue weighted by molar-refractivity contribution is -0.142. The average molecular weight is 193 g/mol. The summed E-state index contributed by atoms with van der Waals surface area (Å²) < 4.78 is 20.5. The quantitative estimate of drug-likeness (QED) is 0.492. The monoisotopic (exact) mass is 193 g/mol. The third kappa shape index (κ3) is 3.79. The van der Waals surface area contributed by atoms with Crippen LogP contribution in [0.3, 0.4) is 0 Å². The molecule has 0 aliphatic heterocycles. The van der Waals surface area contributed by atoms with E-state index in [0.717, 1.165) is 0 Å². The van der Waals surface area contributed by atoms with E-state index in [1.54, 1.807) is 13.8 Å². The second kappa shape index (κ2) is 6.09. The summed E-state index contributed by atoms with van der Waals surface area (Å²) in [4.78, 5) is 11.0. The van der Waals surface area contributed by atoms with Crippen LogP contribution in [0, 0.1) is 0 Å². The van der Waals surface area contributed by atoms with Gasteiger partial charge in [-0.25, -0.2) is 4.79 Å². The molecule has 2 unspecified atom stereocenters. The maximum atomic E-state index is 11.1. The second-order valence-corrected chi connectivity index (χ2v) is 3.73. The van der Waals surface area contributed by atoms with Gasteiger partial charge >= 0.3 is 14.0 Å². The molecule has 4 nitrogen and oxygen atoms in total. The van der Waals surface area contributed by atoms with Crippen LogP contribution in [0.5, 0.6) is 0 Å². The first-order valence-electron chi connectivity index (χ1n) is 3.89. The Hall–Kier alpha value is -0.470. The van der Waals surface area contributed by atoms with Crippen molar-refractivity contribution < 1.29 is 18.6 Å². The predicted octanol–water partition coefficient (Wildman–Crippen LogP) is 1.72. The highest BCUT2D eigenvalue weighted by Gasteiger charge is 2.35. The number of hydrogen-bond acceptors (Lipinski definition) is 4. The average Bonchev–Trinajstić information content (AvgIpc) is 2.04. The Balaban J connectivity index is 3.91. The van der Waals surface area contributed by atoms with Gasteiger partial charge in [-0.3, -0.25) is 0 Å². The van der Waals surface area contributed by atoms with Gasteiger partial charge < -0.3 is 4.74 Å². The van der Waals surface area contributed by atoms with Crippen molar-refractivity contribution in [2.24, 2.45) is 0 Å². The van der Waals surface area contributed by atoms with E-state index >= 15 is 0 Å². The van der Waals surface area contributed by atoms with Gasteiger partial charge in [-0.1, -0.05) is 0 Å².